The van der Waals surface area contributed by atoms with Crippen LogP contribution >= 0.6 is 0 Å². The first-order valence-electron chi connectivity index (χ1n) is 13.2. The topological polar surface area (TPSA) is 125 Å². The SMILES string of the molecule is CC(=O)O[C@H]1CC(=O)OC(C)(C)[C@@H]2C[C@@H](O)[C@]3(C)[C@H](CC[C@@]4(C)[C@@H](c5ccoc5)OC(=O)[C@H]5O[C@@]534)[C@@]12C. The molecule has 2 aliphatic carbocycles. The molecule has 3 saturated heterocycles. The van der Waals surface area contributed by atoms with Crippen LogP contribution in [0.2, 0.25) is 0 Å². The lowest BCUT2D eigenvalue weighted by molar-refractivity contribution is -0.274. The molecule has 0 bridgehead atoms. The maximum absolute atomic E-state index is 13.2. The highest BCUT2D eigenvalue weighted by Gasteiger charge is 2.88. The lowest BCUT2D eigenvalue weighted by Crippen LogP contribution is -2.73. The highest BCUT2D eigenvalue weighted by molar-refractivity contribution is 5.82. The Morgan fingerprint density at radius 1 is 1.11 bits per heavy atom. The first kappa shape index (κ1) is 24.9. The third-order valence-electron chi connectivity index (χ3n) is 11.0. The molecular weight excluding hydrogens is 480 g/mol. The minimum Gasteiger partial charge on any atom is -0.472 e. The van der Waals surface area contributed by atoms with E-state index in [0.717, 1.165) is 5.56 Å². The second-order valence-corrected chi connectivity index (χ2v) is 12.9. The number of hydrogen-bond donors (Lipinski definition) is 1. The van der Waals surface area contributed by atoms with Crippen molar-refractivity contribution in [2.45, 2.75) is 103 Å². The van der Waals surface area contributed by atoms with Crippen molar-refractivity contribution < 1.29 is 42.9 Å². The van der Waals surface area contributed by atoms with Crippen LogP contribution in [0, 0.1) is 28.1 Å². The summed E-state index contributed by atoms with van der Waals surface area (Å²) in [5, 5.41) is 12.0. The van der Waals surface area contributed by atoms with Crippen LogP contribution in [0.3, 0.4) is 0 Å². The van der Waals surface area contributed by atoms with Gasteiger partial charge in [-0.05, 0) is 45.1 Å². The number of epoxide rings is 1. The quantitative estimate of drug-likeness (QED) is 0.357. The first-order valence-corrected chi connectivity index (χ1v) is 13.2. The molecular formula is C28H36O9. The Morgan fingerprint density at radius 3 is 2.49 bits per heavy atom. The summed E-state index contributed by atoms with van der Waals surface area (Å²) in [5.74, 6) is -1.86. The molecule has 0 radical (unpaired) electrons. The lowest BCUT2D eigenvalue weighted by Gasteiger charge is -2.68. The molecule has 1 aromatic rings. The number of ether oxygens (including phenoxy) is 4. The van der Waals surface area contributed by atoms with Gasteiger partial charge in [-0.25, -0.2) is 4.79 Å². The molecule has 9 heteroatoms. The molecule has 5 aliphatic rings. The summed E-state index contributed by atoms with van der Waals surface area (Å²) in [7, 11) is 0. The maximum atomic E-state index is 13.2. The van der Waals surface area contributed by atoms with E-state index in [9.17, 15) is 19.5 Å². The van der Waals surface area contributed by atoms with Gasteiger partial charge in [0.2, 0.25) is 0 Å². The molecule has 0 unspecified atom stereocenters. The Hall–Kier alpha value is -2.39. The van der Waals surface area contributed by atoms with E-state index in [-0.39, 0.29) is 18.3 Å². The normalized spacial score (nSPS) is 49.7. The third-order valence-corrected chi connectivity index (χ3v) is 11.0. The second-order valence-electron chi connectivity index (χ2n) is 12.9. The molecule has 37 heavy (non-hydrogen) atoms. The van der Waals surface area contributed by atoms with Gasteiger partial charge in [-0.3, -0.25) is 9.59 Å². The zero-order valence-electron chi connectivity index (χ0n) is 22.2. The van der Waals surface area contributed by atoms with Crippen LogP contribution in [0.4, 0.5) is 0 Å². The summed E-state index contributed by atoms with van der Waals surface area (Å²) in [6.07, 6.45) is 1.71. The molecule has 9 nitrogen and oxygen atoms in total. The standard InChI is InChI=1S/C28H36O9/c1-14(29)34-19-12-20(31)36-24(2,3)17-11-18(30)27(6)16(26(17,19)5)7-9-25(4)21(15-8-10-33-13-15)35-23(32)22-28(25,27)37-22/h8,10,13,16-19,21-22,30H,7,9,11-12H2,1-6H3/t16-,17+,18-,19+,21-,22-,25+,26-,27+,28-/m1/s1. The minimum absolute atomic E-state index is 0.0626. The number of aliphatic hydroxyl groups excluding tert-OH is 1. The van der Waals surface area contributed by atoms with Gasteiger partial charge >= 0.3 is 17.9 Å². The Morgan fingerprint density at radius 2 is 1.84 bits per heavy atom. The zero-order valence-corrected chi connectivity index (χ0v) is 22.2. The molecule has 6 rings (SSSR count). The number of aliphatic hydroxyl groups is 1. The molecule has 1 N–H and O–H groups in total. The van der Waals surface area contributed by atoms with E-state index in [0.29, 0.717) is 19.3 Å². The number of fused-ring (bicyclic) bond motifs is 3. The molecule has 0 amide bonds. The van der Waals surface area contributed by atoms with Crippen molar-refractivity contribution in [1.82, 2.24) is 0 Å². The number of esters is 3. The average molecular weight is 517 g/mol. The Bertz CT molecular complexity index is 1160. The molecule has 2 saturated carbocycles. The van der Waals surface area contributed by atoms with Crippen molar-refractivity contribution in [3.63, 3.8) is 0 Å². The van der Waals surface area contributed by atoms with Crippen LogP contribution in [0.5, 0.6) is 0 Å². The van der Waals surface area contributed by atoms with E-state index in [1.54, 1.807) is 18.6 Å². The Labute approximate surface area is 216 Å². The van der Waals surface area contributed by atoms with Crippen LogP contribution in [0.15, 0.2) is 23.0 Å². The first-order chi connectivity index (χ1) is 17.2. The Kier molecular flexibility index (Phi) is 4.97. The van der Waals surface area contributed by atoms with E-state index in [4.69, 9.17) is 23.4 Å². The molecule has 1 spiro atoms. The van der Waals surface area contributed by atoms with E-state index in [1.807, 2.05) is 20.8 Å². The fourth-order valence-electron chi connectivity index (χ4n) is 9.54. The van der Waals surface area contributed by atoms with Gasteiger partial charge in [-0.2, -0.15) is 0 Å². The molecule has 1 aromatic heterocycles. The predicted octanol–water partition coefficient (Wildman–Crippen LogP) is 3.48. The number of cyclic esters (lactones) is 2. The third kappa shape index (κ3) is 2.85. The summed E-state index contributed by atoms with van der Waals surface area (Å²) in [6, 6.07) is 1.80. The number of rotatable bonds is 2. The predicted molar refractivity (Wildman–Crippen MR) is 127 cm³/mol. The van der Waals surface area contributed by atoms with Gasteiger partial charge in [-0.1, -0.05) is 20.8 Å². The molecule has 4 heterocycles. The van der Waals surface area contributed by atoms with Gasteiger partial charge < -0.3 is 28.5 Å². The fraction of sp³-hybridized carbons (Fsp3) is 0.750. The smallest absolute Gasteiger partial charge is 0.339 e. The van der Waals surface area contributed by atoms with Crippen LogP contribution < -0.4 is 0 Å². The van der Waals surface area contributed by atoms with E-state index in [1.165, 1.54) is 6.92 Å². The van der Waals surface area contributed by atoms with Crippen molar-refractivity contribution in [3.05, 3.63) is 24.2 Å². The van der Waals surface area contributed by atoms with Gasteiger partial charge in [0, 0.05) is 34.7 Å². The van der Waals surface area contributed by atoms with E-state index in [2.05, 4.69) is 13.8 Å². The largest absolute Gasteiger partial charge is 0.472 e. The molecule has 3 aliphatic heterocycles. The number of carbonyl (C=O) groups is 3. The summed E-state index contributed by atoms with van der Waals surface area (Å²) < 4.78 is 29.5. The molecule has 5 fully saturated rings. The molecule has 202 valence electrons. The van der Waals surface area contributed by atoms with Crippen molar-refractivity contribution in [1.29, 1.82) is 0 Å². The molecule has 0 aromatic carbocycles. The fourth-order valence-corrected chi connectivity index (χ4v) is 9.54. The van der Waals surface area contributed by atoms with Gasteiger partial charge in [0.25, 0.3) is 0 Å². The number of carbonyl (C=O) groups excluding carboxylic acids is 3. The average Bonchev–Trinajstić information content (AvgIpc) is 3.38. The highest BCUT2D eigenvalue weighted by atomic mass is 16.7. The monoisotopic (exact) mass is 516 g/mol. The molecule has 10 atom stereocenters. The van der Waals surface area contributed by atoms with Gasteiger partial charge in [-0.15, -0.1) is 0 Å². The summed E-state index contributed by atoms with van der Waals surface area (Å²) in [4.78, 5) is 38.4. The van der Waals surface area contributed by atoms with Crippen molar-refractivity contribution in [2.24, 2.45) is 28.1 Å². The summed E-state index contributed by atoms with van der Waals surface area (Å²) in [6.45, 7) is 11.2. The van der Waals surface area contributed by atoms with Crippen molar-refractivity contribution in [2.75, 3.05) is 0 Å². The van der Waals surface area contributed by atoms with Gasteiger partial charge in [0.15, 0.2) is 6.10 Å². The van der Waals surface area contributed by atoms with Crippen LogP contribution in [-0.4, -0.2) is 52.5 Å². The minimum atomic E-state index is -0.990. The van der Waals surface area contributed by atoms with Gasteiger partial charge in [0.1, 0.15) is 23.4 Å². The van der Waals surface area contributed by atoms with Crippen LogP contribution in [-0.2, 0) is 33.3 Å². The summed E-state index contributed by atoms with van der Waals surface area (Å²) >= 11 is 0. The zero-order chi connectivity index (χ0) is 26.8. The van der Waals surface area contributed by atoms with Gasteiger partial charge in [0.05, 0.1) is 25.1 Å². The summed E-state index contributed by atoms with van der Waals surface area (Å²) in [5.41, 5.74) is -3.37. The maximum Gasteiger partial charge on any atom is 0.339 e. The van der Waals surface area contributed by atoms with E-state index >= 15 is 0 Å². The van der Waals surface area contributed by atoms with E-state index < -0.39 is 69.8 Å². The number of hydrogen-bond acceptors (Lipinski definition) is 9. The van der Waals surface area contributed by atoms with Crippen LogP contribution in [0.25, 0.3) is 0 Å². The second kappa shape index (κ2) is 7.38. The van der Waals surface area contributed by atoms with Crippen molar-refractivity contribution in [3.8, 4) is 0 Å². The lowest BCUT2D eigenvalue weighted by atomic mass is 9.36. The van der Waals surface area contributed by atoms with Crippen molar-refractivity contribution >= 4 is 17.9 Å². The highest BCUT2D eigenvalue weighted by Crippen LogP contribution is 2.79. The Balaban J connectivity index is 1.53. The van der Waals surface area contributed by atoms with Crippen LogP contribution in [0.1, 0.15) is 78.9 Å². The number of furan rings is 1.